The molecule has 0 saturated heterocycles. The van der Waals surface area contributed by atoms with Crippen LogP contribution in [0.4, 0.5) is 5.69 Å². The van der Waals surface area contributed by atoms with Gasteiger partial charge in [0.15, 0.2) is 0 Å². The minimum absolute atomic E-state index is 0.316. The Labute approximate surface area is 133 Å². The lowest BCUT2D eigenvalue weighted by molar-refractivity contribution is 0.632. The molecule has 1 aliphatic heterocycles. The van der Waals surface area contributed by atoms with E-state index in [-0.39, 0.29) is 0 Å². The van der Waals surface area contributed by atoms with Gasteiger partial charge >= 0.3 is 0 Å². The quantitative estimate of drug-likeness (QED) is 0.842. The minimum atomic E-state index is 0.316. The Bertz CT molecular complexity index is 666. The van der Waals surface area contributed by atoms with Gasteiger partial charge in [0.1, 0.15) is 4.99 Å². The number of nitrogens with zero attached hydrogens (tertiary/aromatic N) is 1. The molecule has 1 aromatic carbocycles. The van der Waals surface area contributed by atoms with Crippen molar-refractivity contribution < 1.29 is 0 Å². The third-order valence-electron chi connectivity index (χ3n) is 3.82. The number of thiophene rings is 1. The third-order valence-corrected chi connectivity index (χ3v) is 5.34. The summed E-state index contributed by atoms with van der Waals surface area (Å²) in [6, 6.07) is 8.37. The SMILES string of the molecule is CC1c2ccsc2CCN1c1cccc(Cl)c1C(N)=S. The van der Waals surface area contributed by atoms with Gasteiger partial charge in [0.25, 0.3) is 0 Å². The van der Waals surface area contributed by atoms with Crippen molar-refractivity contribution in [2.45, 2.75) is 19.4 Å². The topological polar surface area (TPSA) is 29.3 Å². The van der Waals surface area contributed by atoms with E-state index in [0.29, 0.717) is 16.1 Å². The molecule has 0 aliphatic carbocycles. The fraction of sp³-hybridized carbons (Fsp3) is 0.267. The molecule has 0 fully saturated rings. The first kappa shape index (κ1) is 13.9. The second-order valence-corrected chi connectivity index (χ2v) is 6.76. The van der Waals surface area contributed by atoms with Gasteiger partial charge in [0.05, 0.1) is 16.6 Å². The van der Waals surface area contributed by atoms with E-state index in [2.05, 4.69) is 23.3 Å². The monoisotopic (exact) mass is 322 g/mol. The van der Waals surface area contributed by atoms with Crippen LogP contribution in [-0.4, -0.2) is 11.5 Å². The molecule has 1 aromatic heterocycles. The Morgan fingerprint density at radius 3 is 3.00 bits per heavy atom. The van der Waals surface area contributed by atoms with Gasteiger partial charge in [-0.2, -0.15) is 0 Å². The van der Waals surface area contributed by atoms with E-state index >= 15 is 0 Å². The van der Waals surface area contributed by atoms with Crippen LogP contribution in [0.5, 0.6) is 0 Å². The molecule has 20 heavy (non-hydrogen) atoms. The number of fused-ring (bicyclic) bond motifs is 1. The highest BCUT2D eigenvalue weighted by Gasteiger charge is 2.27. The summed E-state index contributed by atoms with van der Waals surface area (Å²) in [6.07, 6.45) is 1.06. The molecule has 0 spiro atoms. The second kappa shape index (κ2) is 5.35. The molecule has 2 aromatic rings. The molecule has 1 aliphatic rings. The first-order valence-corrected chi connectivity index (χ1v) is 8.17. The lowest BCUT2D eigenvalue weighted by atomic mass is 9.99. The molecular weight excluding hydrogens is 308 g/mol. The van der Waals surface area contributed by atoms with Crippen molar-refractivity contribution in [2.75, 3.05) is 11.4 Å². The maximum absolute atomic E-state index is 6.28. The zero-order valence-corrected chi connectivity index (χ0v) is 13.5. The van der Waals surface area contributed by atoms with Crippen LogP contribution < -0.4 is 10.6 Å². The average Bonchev–Trinajstić information content (AvgIpc) is 2.87. The minimum Gasteiger partial charge on any atom is -0.389 e. The zero-order chi connectivity index (χ0) is 14.3. The van der Waals surface area contributed by atoms with Crippen LogP contribution in [-0.2, 0) is 6.42 Å². The maximum atomic E-state index is 6.28. The number of thiocarbonyl (C=S) groups is 1. The van der Waals surface area contributed by atoms with Crippen molar-refractivity contribution in [3.05, 3.63) is 50.7 Å². The summed E-state index contributed by atoms with van der Waals surface area (Å²) >= 11 is 13.3. The number of hydrogen-bond acceptors (Lipinski definition) is 3. The van der Waals surface area contributed by atoms with Gasteiger partial charge in [-0.05, 0) is 42.5 Å². The molecule has 5 heteroatoms. The van der Waals surface area contributed by atoms with Gasteiger partial charge in [-0.15, -0.1) is 11.3 Å². The second-order valence-electron chi connectivity index (χ2n) is 4.92. The van der Waals surface area contributed by atoms with Crippen molar-refractivity contribution in [2.24, 2.45) is 5.73 Å². The summed E-state index contributed by atoms with van der Waals surface area (Å²) in [6.45, 7) is 3.18. The highest BCUT2D eigenvalue weighted by Crippen LogP contribution is 2.38. The van der Waals surface area contributed by atoms with Crippen molar-refractivity contribution in [3.8, 4) is 0 Å². The summed E-state index contributed by atoms with van der Waals surface area (Å²) in [5.74, 6) is 0. The van der Waals surface area contributed by atoms with Crippen molar-refractivity contribution >= 4 is 45.8 Å². The van der Waals surface area contributed by atoms with Crippen LogP contribution in [0.15, 0.2) is 29.6 Å². The smallest absolute Gasteiger partial charge is 0.107 e. The molecule has 2 N–H and O–H groups in total. The predicted octanol–water partition coefficient (Wildman–Crippen LogP) is 4.16. The van der Waals surface area contributed by atoms with Crippen molar-refractivity contribution in [1.29, 1.82) is 0 Å². The van der Waals surface area contributed by atoms with E-state index in [0.717, 1.165) is 24.2 Å². The van der Waals surface area contributed by atoms with E-state index in [9.17, 15) is 0 Å². The van der Waals surface area contributed by atoms with E-state index in [1.54, 1.807) is 0 Å². The van der Waals surface area contributed by atoms with Gasteiger partial charge < -0.3 is 10.6 Å². The van der Waals surface area contributed by atoms with E-state index in [4.69, 9.17) is 29.6 Å². The fourth-order valence-corrected chi connectivity index (χ4v) is 4.34. The molecule has 0 saturated carbocycles. The summed E-state index contributed by atoms with van der Waals surface area (Å²) in [4.78, 5) is 4.18. The molecule has 0 bridgehead atoms. The first-order chi connectivity index (χ1) is 9.59. The molecule has 0 amide bonds. The maximum Gasteiger partial charge on any atom is 0.107 e. The molecule has 2 heterocycles. The highest BCUT2D eigenvalue weighted by atomic mass is 35.5. The Balaban J connectivity index is 2.07. The number of benzene rings is 1. The predicted molar refractivity (Wildman–Crippen MR) is 91.1 cm³/mol. The highest BCUT2D eigenvalue weighted by molar-refractivity contribution is 7.80. The number of halogens is 1. The van der Waals surface area contributed by atoms with Gasteiger partial charge in [0.2, 0.25) is 0 Å². The van der Waals surface area contributed by atoms with Crippen molar-refractivity contribution in [3.63, 3.8) is 0 Å². The molecule has 1 unspecified atom stereocenters. The van der Waals surface area contributed by atoms with E-state index in [1.807, 2.05) is 29.5 Å². The summed E-state index contributed by atoms with van der Waals surface area (Å²) < 4.78 is 0. The molecule has 104 valence electrons. The van der Waals surface area contributed by atoms with E-state index in [1.165, 1.54) is 10.4 Å². The van der Waals surface area contributed by atoms with Gasteiger partial charge in [-0.1, -0.05) is 29.9 Å². The lowest BCUT2D eigenvalue weighted by Gasteiger charge is -2.36. The van der Waals surface area contributed by atoms with Crippen LogP contribution in [0, 0.1) is 0 Å². The van der Waals surface area contributed by atoms with Crippen LogP contribution in [0.3, 0.4) is 0 Å². The van der Waals surface area contributed by atoms with Crippen LogP contribution in [0.1, 0.15) is 29.0 Å². The molecule has 0 radical (unpaired) electrons. The Kier molecular flexibility index (Phi) is 3.71. The van der Waals surface area contributed by atoms with E-state index < -0.39 is 0 Å². The molecular formula is C15H15ClN2S2. The van der Waals surface area contributed by atoms with Crippen molar-refractivity contribution in [1.82, 2.24) is 0 Å². The normalized spacial score (nSPS) is 17.9. The van der Waals surface area contributed by atoms with Crippen LogP contribution >= 0.6 is 35.2 Å². The molecule has 3 rings (SSSR count). The van der Waals surface area contributed by atoms with Gasteiger partial charge in [-0.3, -0.25) is 0 Å². The van der Waals surface area contributed by atoms with Crippen LogP contribution in [0.25, 0.3) is 0 Å². The first-order valence-electron chi connectivity index (χ1n) is 6.51. The largest absolute Gasteiger partial charge is 0.389 e. The standard InChI is InChI=1S/C15H15ClN2S2/c1-9-10-6-8-20-13(10)5-7-18(9)12-4-2-3-11(16)14(12)15(17)19/h2-4,6,8-9H,5,7H2,1H3,(H2,17,19). The third kappa shape index (κ3) is 2.22. The number of rotatable bonds is 2. The number of nitrogens with two attached hydrogens (primary N) is 1. The Hall–Kier alpha value is -1.10. The zero-order valence-electron chi connectivity index (χ0n) is 11.1. The van der Waals surface area contributed by atoms with Crippen LogP contribution in [0.2, 0.25) is 5.02 Å². The summed E-state index contributed by atoms with van der Waals surface area (Å²) in [5, 5.41) is 2.79. The molecule has 1 atom stereocenters. The summed E-state index contributed by atoms with van der Waals surface area (Å²) in [5.41, 5.74) is 9.09. The summed E-state index contributed by atoms with van der Waals surface area (Å²) in [7, 11) is 0. The Morgan fingerprint density at radius 1 is 1.45 bits per heavy atom. The molecule has 2 nitrogen and oxygen atoms in total. The number of hydrogen-bond donors (Lipinski definition) is 1. The van der Waals surface area contributed by atoms with Gasteiger partial charge in [0, 0.05) is 17.1 Å². The fourth-order valence-electron chi connectivity index (χ4n) is 2.83. The Morgan fingerprint density at radius 2 is 2.25 bits per heavy atom. The average molecular weight is 323 g/mol. The lowest BCUT2D eigenvalue weighted by Crippen LogP contribution is -2.34. The number of anilines is 1. The van der Waals surface area contributed by atoms with Gasteiger partial charge in [-0.25, -0.2) is 0 Å².